The number of phenolic OH excluding ortho intramolecular Hbond substituents is 2. The van der Waals surface area contributed by atoms with Crippen LogP contribution in [0.3, 0.4) is 0 Å². The standard InChI is InChI=1S/C12H11ClN2O2/c13-10-5-2-6-11(15-10)14-7-8-3-1-4-9(16)12(8)17/h1-6,16-17H,7H2,(H,14,15). The zero-order valence-corrected chi connectivity index (χ0v) is 9.65. The van der Waals surface area contributed by atoms with Crippen LogP contribution in [-0.2, 0) is 6.54 Å². The number of halogens is 1. The van der Waals surface area contributed by atoms with E-state index in [1.807, 2.05) is 0 Å². The van der Waals surface area contributed by atoms with E-state index < -0.39 is 0 Å². The number of nitrogens with zero attached hydrogens (tertiary/aromatic N) is 1. The van der Waals surface area contributed by atoms with Crippen LogP contribution in [0.2, 0.25) is 5.15 Å². The number of hydrogen-bond acceptors (Lipinski definition) is 4. The molecule has 1 aromatic carbocycles. The molecule has 0 spiro atoms. The number of hydrogen-bond donors (Lipinski definition) is 3. The fraction of sp³-hybridized carbons (Fsp3) is 0.0833. The molecule has 0 saturated carbocycles. The molecule has 0 amide bonds. The van der Waals surface area contributed by atoms with Gasteiger partial charge in [-0.05, 0) is 18.2 Å². The largest absolute Gasteiger partial charge is 0.504 e. The monoisotopic (exact) mass is 250 g/mol. The first-order chi connectivity index (χ1) is 8.16. The Kier molecular flexibility index (Phi) is 3.35. The summed E-state index contributed by atoms with van der Waals surface area (Å²) in [7, 11) is 0. The van der Waals surface area contributed by atoms with Gasteiger partial charge in [-0.3, -0.25) is 0 Å². The van der Waals surface area contributed by atoms with Crippen LogP contribution >= 0.6 is 11.6 Å². The second kappa shape index (κ2) is 4.93. The Morgan fingerprint density at radius 1 is 1.12 bits per heavy atom. The zero-order valence-electron chi connectivity index (χ0n) is 8.89. The van der Waals surface area contributed by atoms with E-state index in [2.05, 4.69) is 10.3 Å². The molecule has 0 aliphatic carbocycles. The summed E-state index contributed by atoms with van der Waals surface area (Å²) in [6.45, 7) is 0.355. The normalized spacial score (nSPS) is 10.2. The van der Waals surface area contributed by atoms with Crippen molar-refractivity contribution >= 4 is 17.4 Å². The van der Waals surface area contributed by atoms with Crippen LogP contribution in [0, 0.1) is 0 Å². The molecular formula is C12H11ClN2O2. The minimum Gasteiger partial charge on any atom is -0.504 e. The van der Waals surface area contributed by atoms with Gasteiger partial charge in [0.05, 0.1) is 0 Å². The Balaban J connectivity index is 2.10. The number of nitrogens with one attached hydrogen (secondary N) is 1. The number of rotatable bonds is 3. The number of anilines is 1. The number of phenols is 2. The van der Waals surface area contributed by atoms with Crippen molar-refractivity contribution in [3.8, 4) is 11.5 Å². The Labute approximate surface area is 104 Å². The molecule has 17 heavy (non-hydrogen) atoms. The maximum atomic E-state index is 9.59. The predicted molar refractivity (Wildman–Crippen MR) is 66.3 cm³/mol. The van der Waals surface area contributed by atoms with Crippen LogP contribution in [0.1, 0.15) is 5.56 Å². The lowest BCUT2D eigenvalue weighted by atomic mass is 10.2. The van der Waals surface area contributed by atoms with E-state index in [1.165, 1.54) is 6.07 Å². The highest BCUT2D eigenvalue weighted by Crippen LogP contribution is 2.28. The van der Waals surface area contributed by atoms with Crippen molar-refractivity contribution in [3.63, 3.8) is 0 Å². The van der Waals surface area contributed by atoms with Gasteiger partial charge in [-0.1, -0.05) is 29.8 Å². The molecule has 4 nitrogen and oxygen atoms in total. The second-order valence-electron chi connectivity index (χ2n) is 3.48. The first kappa shape index (κ1) is 11.5. The van der Waals surface area contributed by atoms with Crippen molar-refractivity contribution < 1.29 is 10.2 Å². The van der Waals surface area contributed by atoms with Crippen LogP contribution in [0.25, 0.3) is 0 Å². The SMILES string of the molecule is Oc1cccc(CNc2cccc(Cl)n2)c1O. The highest BCUT2D eigenvalue weighted by atomic mass is 35.5. The first-order valence-corrected chi connectivity index (χ1v) is 5.41. The molecule has 0 unspecified atom stereocenters. The van der Waals surface area contributed by atoms with E-state index in [9.17, 15) is 10.2 Å². The van der Waals surface area contributed by atoms with Crippen molar-refractivity contribution in [2.24, 2.45) is 0 Å². The molecule has 1 aromatic heterocycles. The lowest BCUT2D eigenvalue weighted by Gasteiger charge is -2.08. The number of para-hydroxylation sites is 1. The molecule has 5 heteroatoms. The molecule has 0 radical (unpaired) electrons. The third-order valence-corrected chi connectivity index (χ3v) is 2.48. The van der Waals surface area contributed by atoms with E-state index in [0.29, 0.717) is 23.1 Å². The van der Waals surface area contributed by atoms with Gasteiger partial charge in [0.1, 0.15) is 11.0 Å². The fourth-order valence-electron chi connectivity index (χ4n) is 1.41. The van der Waals surface area contributed by atoms with Gasteiger partial charge in [0, 0.05) is 12.1 Å². The summed E-state index contributed by atoms with van der Waals surface area (Å²) >= 11 is 5.74. The predicted octanol–water partition coefficient (Wildman–Crippen LogP) is 2.76. The second-order valence-corrected chi connectivity index (χ2v) is 3.87. The Bertz CT molecular complexity index is 532. The minimum absolute atomic E-state index is 0.123. The van der Waals surface area contributed by atoms with Crippen LogP contribution in [-0.4, -0.2) is 15.2 Å². The van der Waals surface area contributed by atoms with E-state index in [1.54, 1.807) is 30.3 Å². The van der Waals surface area contributed by atoms with Gasteiger partial charge in [-0.15, -0.1) is 0 Å². The van der Waals surface area contributed by atoms with Crippen molar-refractivity contribution in [2.75, 3.05) is 5.32 Å². The molecule has 1 heterocycles. The van der Waals surface area contributed by atoms with Crippen molar-refractivity contribution in [3.05, 3.63) is 47.1 Å². The number of pyridine rings is 1. The van der Waals surface area contributed by atoms with E-state index in [-0.39, 0.29) is 11.5 Å². The highest BCUT2D eigenvalue weighted by Gasteiger charge is 2.05. The van der Waals surface area contributed by atoms with Crippen LogP contribution < -0.4 is 5.32 Å². The fourth-order valence-corrected chi connectivity index (χ4v) is 1.58. The molecule has 2 aromatic rings. The quantitative estimate of drug-likeness (QED) is 0.579. The van der Waals surface area contributed by atoms with Crippen molar-refractivity contribution in [2.45, 2.75) is 6.54 Å². The van der Waals surface area contributed by atoms with E-state index >= 15 is 0 Å². The van der Waals surface area contributed by atoms with Gasteiger partial charge in [-0.25, -0.2) is 4.98 Å². The van der Waals surface area contributed by atoms with E-state index in [4.69, 9.17) is 11.6 Å². The molecule has 3 N–H and O–H groups in total. The number of aromatic nitrogens is 1. The summed E-state index contributed by atoms with van der Waals surface area (Å²) in [5.41, 5.74) is 0.590. The molecule has 0 saturated heterocycles. The average molecular weight is 251 g/mol. The maximum absolute atomic E-state index is 9.59. The molecule has 0 atom stereocenters. The molecule has 0 bridgehead atoms. The van der Waals surface area contributed by atoms with Crippen molar-refractivity contribution in [1.82, 2.24) is 4.98 Å². The molecule has 0 aliphatic rings. The van der Waals surface area contributed by atoms with Gasteiger partial charge in [-0.2, -0.15) is 0 Å². The summed E-state index contributed by atoms with van der Waals surface area (Å²) in [5.74, 6) is 0.352. The molecular weight excluding hydrogens is 240 g/mol. The number of aromatic hydroxyl groups is 2. The van der Waals surface area contributed by atoms with Crippen LogP contribution in [0.4, 0.5) is 5.82 Å². The van der Waals surface area contributed by atoms with E-state index in [0.717, 1.165) is 0 Å². The smallest absolute Gasteiger partial charge is 0.162 e. The Hall–Kier alpha value is -1.94. The summed E-state index contributed by atoms with van der Waals surface area (Å²) in [6, 6.07) is 10.0. The van der Waals surface area contributed by atoms with Crippen molar-refractivity contribution in [1.29, 1.82) is 0 Å². The Morgan fingerprint density at radius 3 is 2.65 bits per heavy atom. The van der Waals surface area contributed by atoms with Crippen LogP contribution in [0.15, 0.2) is 36.4 Å². The van der Waals surface area contributed by atoms with Gasteiger partial charge in [0.25, 0.3) is 0 Å². The zero-order chi connectivity index (χ0) is 12.3. The lowest BCUT2D eigenvalue weighted by Crippen LogP contribution is -2.01. The first-order valence-electron chi connectivity index (χ1n) is 5.03. The van der Waals surface area contributed by atoms with Gasteiger partial charge in [0.2, 0.25) is 0 Å². The summed E-state index contributed by atoms with van der Waals surface area (Å²) in [4.78, 5) is 4.05. The minimum atomic E-state index is -0.136. The summed E-state index contributed by atoms with van der Waals surface area (Å²) in [6.07, 6.45) is 0. The average Bonchev–Trinajstić information content (AvgIpc) is 2.31. The highest BCUT2D eigenvalue weighted by molar-refractivity contribution is 6.29. The summed E-state index contributed by atoms with van der Waals surface area (Å²) < 4.78 is 0. The molecule has 0 fully saturated rings. The van der Waals surface area contributed by atoms with Gasteiger partial charge in [0.15, 0.2) is 11.5 Å². The topological polar surface area (TPSA) is 65.4 Å². The Morgan fingerprint density at radius 2 is 1.88 bits per heavy atom. The third kappa shape index (κ3) is 2.79. The van der Waals surface area contributed by atoms with Crippen LogP contribution in [0.5, 0.6) is 11.5 Å². The lowest BCUT2D eigenvalue weighted by molar-refractivity contribution is 0.400. The number of benzene rings is 1. The summed E-state index contributed by atoms with van der Waals surface area (Å²) in [5, 5.41) is 22.3. The van der Waals surface area contributed by atoms with Gasteiger partial charge < -0.3 is 15.5 Å². The third-order valence-electron chi connectivity index (χ3n) is 2.27. The molecule has 88 valence electrons. The maximum Gasteiger partial charge on any atom is 0.162 e. The molecule has 0 aliphatic heterocycles. The van der Waals surface area contributed by atoms with Gasteiger partial charge >= 0.3 is 0 Å². The molecule has 2 rings (SSSR count).